The van der Waals surface area contributed by atoms with E-state index in [0.29, 0.717) is 35.3 Å². The molecular weight excluding hydrogens is 274 g/mol. The minimum atomic E-state index is -2.70. The molecule has 0 aliphatic carbocycles. The van der Waals surface area contributed by atoms with Gasteiger partial charge in [-0.3, -0.25) is 0 Å². The van der Waals surface area contributed by atoms with E-state index in [2.05, 4.69) is 15.5 Å². The molecule has 0 spiro atoms. The third-order valence-electron chi connectivity index (χ3n) is 3.55. The molecule has 3 N–H and O–H groups in total. The van der Waals surface area contributed by atoms with Gasteiger partial charge in [-0.05, 0) is 19.3 Å². The van der Waals surface area contributed by atoms with Crippen molar-refractivity contribution in [1.82, 2.24) is 0 Å². The lowest BCUT2D eigenvalue weighted by molar-refractivity contribution is 0.316. The first kappa shape index (κ1) is 18.6. The van der Waals surface area contributed by atoms with Gasteiger partial charge in [-0.25, -0.2) is 0 Å². The van der Waals surface area contributed by atoms with Crippen LogP contribution in [-0.2, 0) is 0 Å². The van der Waals surface area contributed by atoms with Gasteiger partial charge < -0.3 is 15.6 Å². The highest BCUT2D eigenvalue weighted by atomic mass is 28.3. The zero-order chi connectivity index (χ0) is 15.6. The highest BCUT2D eigenvalue weighted by Gasteiger charge is 2.44. The van der Waals surface area contributed by atoms with Crippen LogP contribution < -0.4 is 0 Å². The molecule has 0 rings (SSSR count). The number of rotatable bonds is 9. The van der Waals surface area contributed by atoms with Crippen molar-refractivity contribution in [2.45, 2.75) is 65.8 Å². The van der Waals surface area contributed by atoms with Crippen LogP contribution in [0.25, 0.3) is 0 Å². The van der Waals surface area contributed by atoms with Crippen LogP contribution in [0, 0.1) is 0 Å². The first-order chi connectivity index (χ1) is 9.56. The first-order valence-electron chi connectivity index (χ1n) is 7.20. The smallest absolute Gasteiger partial charge is 0.209 e. The fraction of sp³-hybridized carbons (Fsp3) is 0.769. The molecule has 6 nitrogen and oxygen atoms in total. The van der Waals surface area contributed by atoms with Crippen LogP contribution in [0.5, 0.6) is 0 Å². The van der Waals surface area contributed by atoms with E-state index in [-0.39, 0.29) is 0 Å². The summed E-state index contributed by atoms with van der Waals surface area (Å²) in [6, 6.07) is 0. The zero-order valence-corrected chi connectivity index (χ0v) is 13.9. The average Bonchev–Trinajstić information content (AvgIpc) is 2.46. The minimum Gasteiger partial charge on any atom is -0.411 e. The minimum absolute atomic E-state index is 0.600. The molecule has 0 atom stereocenters. The standard InChI is InChI=1S/C13H27N3O3Si/c1-5-8-11(14-17)20(4,12(15-18)9-6-2)13(16-19)10-7-3/h17-19H,5-10H2,1-4H3. The lowest BCUT2D eigenvalue weighted by atomic mass is 10.3. The average molecular weight is 301 g/mol. The van der Waals surface area contributed by atoms with E-state index in [1.807, 2.05) is 27.3 Å². The van der Waals surface area contributed by atoms with Crippen molar-refractivity contribution >= 4 is 24.1 Å². The second-order valence-electron chi connectivity index (χ2n) is 5.02. The molecule has 0 amide bonds. The van der Waals surface area contributed by atoms with Crippen molar-refractivity contribution in [2.24, 2.45) is 15.5 Å². The molecule has 0 radical (unpaired) electrons. The van der Waals surface area contributed by atoms with E-state index >= 15 is 0 Å². The highest BCUT2D eigenvalue weighted by Crippen LogP contribution is 2.20. The van der Waals surface area contributed by atoms with Gasteiger partial charge in [-0.2, -0.15) is 0 Å². The maximum Gasteiger partial charge on any atom is 0.209 e. The summed E-state index contributed by atoms with van der Waals surface area (Å²) in [7, 11) is -2.70. The predicted octanol–water partition coefficient (Wildman–Crippen LogP) is 3.57. The summed E-state index contributed by atoms with van der Waals surface area (Å²) in [5.74, 6) is 0. The summed E-state index contributed by atoms with van der Waals surface area (Å²) in [5.41, 5.74) is 0. The van der Waals surface area contributed by atoms with E-state index < -0.39 is 8.07 Å². The van der Waals surface area contributed by atoms with Crippen LogP contribution in [0.15, 0.2) is 15.5 Å². The molecular formula is C13H27N3O3Si. The molecule has 0 aromatic carbocycles. The zero-order valence-electron chi connectivity index (χ0n) is 12.9. The van der Waals surface area contributed by atoms with Crippen LogP contribution in [-0.4, -0.2) is 39.7 Å². The van der Waals surface area contributed by atoms with E-state index in [1.165, 1.54) is 0 Å². The van der Waals surface area contributed by atoms with Gasteiger partial charge in [-0.15, -0.1) is 15.5 Å². The van der Waals surface area contributed by atoms with Crippen LogP contribution in [0.1, 0.15) is 59.3 Å². The summed E-state index contributed by atoms with van der Waals surface area (Å²) in [6.45, 7) is 7.90. The molecule has 0 saturated heterocycles. The van der Waals surface area contributed by atoms with E-state index in [4.69, 9.17) is 0 Å². The molecule has 0 heterocycles. The largest absolute Gasteiger partial charge is 0.411 e. The molecule has 0 aromatic rings. The summed E-state index contributed by atoms with van der Waals surface area (Å²) in [6.07, 6.45) is 4.26. The predicted molar refractivity (Wildman–Crippen MR) is 84.0 cm³/mol. The van der Waals surface area contributed by atoms with E-state index in [9.17, 15) is 15.6 Å². The van der Waals surface area contributed by atoms with Gasteiger partial charge >= 0.3 is 0 Å². The molecule has 0 unspecified atom stereocenters. The summed E-state index contributed by atoms with van der Waals surface area (Å²) < 4.78 is 0. The van der Waals surface area contributed by atoms with E-state index in [1.54, 1.807) is 0 Å². The first-order valence-corrected chi connectivity index (χ1v) is 9.70. The molecule has 20 heavy (non-hydrogen) atoms. The maximum absolute atomic E-state index is 9.37. The van der Waals surface area contributed by atoms with Crippen LogP contribution in [0.4, 0.5) is 0 Å². The number of nitrogens with zero attached hydrogens (tertiary/aromatic N) is 3. The maximum atomic E-state index is 9.37. The molecule has 0 aromatic heterocycles. The second kappa shape index (κ2) is 9.52. The van der Waals surface area contributed by atoms with Crippen molar-refractivity contribution in [3.8, 4) is 0 Å². The Kier molecular flexibility index (Phi) is 8.86. The van der Waals surface area contributed by atoms with Gasteiger partial charge in [0.25, 0.3) is 0 Å². The monoisotopic (exact) mass is 301 g/mol. The van der Waals surface area contributed by atoms with Gasteiger partial charge in [-0.1, -0.05) is 46.6 Å². The Balaban J connectivity index is 5.89. The lowest BCUT2D eigenvalue weighted by Gasteiger charge is -2.29. The Hall–Kier alpha value is -1.37. The fourth-order valence-corrected chi connectivity index (χ4v) is 6.26. The number of oxime groups is 3. The number of hydrogen-bond acceptors (Lipinski definition) is 6. The van der Waals surface area contributed by atoms with Gasteiger partial charge in [0.05, 0.1) is 16.0 Å². The van der Waals surface area contributed by atoms with Crippen LogP contribution in [0.3, 0.4) is 0 Å². The Bertz CT molecular complexity index is 326. The topological polar surface area (TPSA) is 97.8 Å². The van der Waals surface area contributed by atoms with Gasteiger partial charge in [0.1, 0.15) is 0 Å². The van der Waals surface area contributed by atoms with Crippen LogP contribution in [0.2, 0.25) is 6.55 Å². The highest BCUT2D eigenvalue weighted by molar-refractivity contribution is 7.41. The van der Waals surface area contributed by atoms with Crippen molar-refractivity contribution in [3.05, 3.63) is 0 Å². The SMILES string of the molecule is CCCC(=NO)[Si](C)(C(CCC)=NO)C(CCC)=NO. The lowest BCUT2D eigenvalue weighted by Crippen LogP contribution is -2.57. The van der Waals surface area contributed by atoms with Crippen molar-refractivity contribution in [3.63, 3.8) is 0 Å². The summed E-state index contributed by atoms with van der Waals surface area (Å²) in [5, 5.41) is 40.2. The molecule has 116 valence electrons. The summed E-state index contributed by atoms with van der Waals surface area (Å²) >= 11 is 0. The third kappa shape index (κ3) is 4.06. The van der Waals surface area contributed by atoms with Crippen molar-refractivity contribution in [2.75, 3.05) is 0 Å². The molecule has 0 saturated carbocycles. The normalized spacial score (nSPS) is 17.1. The summed E-state index contributed by atoms with van der Waals surface area (Å²) in [4.78, 5) is 0. The molecule has 0 bridgehead atoms. The molecule has 0 aliphatic rings. The van der Waals surface area contributed by atoms with Gasteiger partial charge in [0, 0.05) is 0 Å². The van der Waals surface area contributed by atoms with Crippen molar-refractivity contribution in [1.29, 1.82) is 0 Å². The molecule has 0 aliphatic heterocycles. The molecule has 0 fully saturated rings. The van der Waals surface area contributed by atoms with Crippen LogP contribution >= 0.6 is 0 Å². The quantitative estimate of drug-likeness (QED) is 0.263. The Morgan fingerprint density at radius 1 is 0.700 bits per heavy atom. The Morgan fingerprint density at radius 3 is 1.10 bits per heavy atom. The Labute approximate surface area is 121 Å². The Morgan fingerprint density at radius 2 is 0.950 bits per heavy atom. The molecule has 7 heteroatoms. The van der Waals surface area contributed by atoms with Gasteiger partial charge in [0.15, 0.2) is 0 Å². The second-order valence-corrected chi connectivity index (χ2v) is 9.00. The number of hydrogen-bond donors (Lipinski definition) is 3. The fourth-order valence-electron chi connectivity index (χ4n) is 2.41. The van der Waals surface area contributed by atoms with Gasteiger partial charge in [0.2, 0.25) is 8.07 Å². The third-order valence-corrected chi connectivity index (χ3v) is 8.07. The van der Waals surface area contributed by atoms with E-state index in [0.717, 1.165) is 19.3 Å². The van der Waals surface area contributed by atoms with Crippen molar-refractivity contribution < 1.29 is 15.6 Å².